The van der Waals surface area contributed by atoms with E-state index in [-0.39, 0.29) is 18.0 Å². The van der Waals surface area contributed by atoms with Gasteiger partial charge in [0.2, 0.25) is 5.91 Å². The van der Waals surface area contributed by atoms with Gasteiger partial charge < -0.3 is 15.0 Å². The van der Waals surface area contributed by atoms with E-state index in [1.54, 1.807) is 0 Å². The van der Waals surface area contributed by atoms with Crippen LogP contribution in [0.1, 0.15) is 51.9 Å². The smallest absolute Gasteiger partial charge is 0.238 e. The Morgan fingerprint density at radius 1 is 1.26 bits per heavy atom. The summed E-state index contributed by atoms with van der Waals surface area (Å²) >= 11 is 0. The van der Waals surface area contributed by atoms with E-state index < -0.39 is 12.1 Å². The molecule has 6 heteroatoms. The van der Waals surface area contributed by atoms with Crippen LogP contribution in [0.2, 0.25) is 0 Å². The van der Waals surface area contributed by atoms with Crippen LogP contribution in [-0.2, 0) is 9.53 Å². The highest BCUT2D eigenvalue weighted by molar-refractivity contribution is 5.80. The van der Waals surface area contributed by atoms with Gasteiger partial charge in [0.15, 0.2) is 0 Å². The number of hydrogen-bond donors (Lipinski definition) is 1. The second-order valence-electron chi connectivity index (χ2n) is 6.56. The van der Waals surface area contributed by atoms with Crippen LogP contribution in [0.5, 0.6) is 0 Å². The molecule has 1 saturated carbocycles. The first-order chi connectivity index (χ1) is 11.2. The molecule has 6 nitrogen and oxygen atoms in total. The molecule has 0 aromatic rings. The van der Waals surface area contributed by atoms with E-state index in [9.17, 15) is 15.3 Å². The van der Waals surface area contributed by atoms with E-state index in [0.717, 1.165) is 38.7 Å². The van der Waals surface area contributed by atoms with Gasteiger partial charge in [-0.15, -0.1) is 0 Å². The average molecular weight is 318 g/mol. The number of nitriles is 2. The Morgan fingerprint density at radius 2 is 1.87 bits per heavy atom. The lowest BCUT2D eigenvalue weighted by Gasteiger charge is -2.32. The van der Waals surface area contributed by atoms with Gasteiger partial charge in [0, 0.05) is 12.1 Å². The van der Waals surface area contributed by atoms with Crippen molar-refractivity contribution in [1.82, 2.24) is 10.2 Å². The van der Waals surface area contributed by atoms with Crippen molar-refractivity contribution in [3.8, 4) is 12.1 Å². The number of nitrogens with zero attached hydrogens (tertiary/aromatic N) is 3. The molecule has 126 valence electrons. The standard InChI is InChI=1S/C17H26N4O2/c1-2-9-23-13-17(7-3-4-8-17)20-12-16(22)21-14(10-18)5-6-15(21)11-19/h14-15,20H,2-9,12-13H2,1H3/t14-,15+. The van der Waals surface area contributed by atoms with E-state index >= 15 is 0 Å². The summed E-state index contributed by atoms with van der Waals surface area (Å²) in [5, 5.41) is 21.7. The Labute approximate surface area is 138 Å². The minimum absolute atomic E-state index is 0.130. The van der Waals surface area contributed by atoms with Crippen LogP contribution < -0.4 is 5.32 Å². The average Bonchev–Trinajstić information content (AvgIpc) is 3.20. The van der Waals surface area contributed by atoms with Gasteiger partial charge in [-0.2, -0.15) is 10.5 Å². The van der Waals surface area contributed by atoms with Gasteiger partial charge in [0.25, 0.3) is 0 Å². The van der Waals surface area contributed by atoms with Gasteiger partial charge in [-0.1, -0.05) is 19.8 Å². The highest BCUT2D eigenvalue weighted by atomic mass is 16.5. The topological polar surface area (TPSA) is 89.2 Å². The van der Waals surface area contributed by atoms with Crippen LogP contribution in [0.25, 0.3) is 0 Å². The van der Waals surface area contributed by atoms with Crippen LogP contribution in [0, 0.1) is 22.7 Å². The number of likely N-dealkylation sites (tertiary alicyclic amines) is 1. The first-order valence-corrected chi connectivity index (χ1v) is 8.59. The lowest BCUT2D eigenvalue weighted by atomic mass is 9.99. The minimum Gasteiger partial charge on any atom is -0.380 e. The monoisotopic (exact) mass is 318 g/mol. The molecule has 1 N–H and O–H groups in total. The van der Waals surface area contributed by atoms with E-state index in [1.807, 2.05) is 0 Å². The minimum atomic E-state index is -0.468. The molecule has 1 aliphatic carbocycles. The van der Waals surface area contributed by atoms with Crippen LogP contribution in [-0.4, -0.2) is 48.2 Å². The summed E-state index contributed by atoms with van der Waals surface area (Å²) in [6.45, 7) is 3.61. The zero-order valence-corrected chi connectivity index (χ0v) is 13.9. The molecule has 0 bridgehead atoms. The molecule has 0 aromatic carbocycles. The predicted molar refractivity (Wildman–Crippen MR) is 85.2 cm³/mol. The summed E-state index contributed by atoms with van der Waals surface area (Å²) in [5.41, 5.74) is -0.130. The highest BCUT2D eigenvalue weighted by Crippen LogP contribution is 2.30. The van der Waals surface area contributed by atoms with Gasteiger partial charge in [0.1, 0.15) is 12.1 Å². The quantitative estimate of drug-likeness (QED) is 0.722. The molecule has 1 aliphatic heterocycles. The van der Waals surface area contributed by atoms with Gasteiger partial charge >= 0.3 is 0 Å². The van der Waals surface area contributed by atoms with Crippen molar-refractivity contribution in [1.29, 1.82) is 10.5 Å². The van der Waals surface area contributed by atoms with Crippen molar-refractivity contribution in [2.24, 2.45) is 0 Å². The zero-order valence-electron chi connectivity index (χ0n) is 13.9. The molecular formula is C17H26N4O2. The first-order valence-electron chi connectivity index (χ1n) is 8.59. The summed E-state index contributed by atoms with van der Waals surface area (Å²) in [7, 11) is 0. The Kier molecular flexibility index (Phi) is 6.38. The molecule has 2 atom stereocenters. The van der Waals surface area contributed by atoms with Crippen molar-refractivity contribution < 1.29 is 9.53 Å². The Bertz CT molecular complexity index is 466. The molecule has 0 radical (unpaired) electrons. The fraction of sp³-hybridized carbons (Fsp3) is 0.824. The van der Waals surface area contributed by atoms with Crippen LogP contribution in [0.4, 0.5) is 0 Å². The van der Waals surface area contributed by atoms with Crippen molar-refractivity contribution in [3.05, 3.63) is 0 Å². The Balaban J connectivity index is 1.93. The third-order valence-corrected chi connectivity index (χ3v) is 4.87. The van der Waals surface area contributed by atoms with Gasteiger partial charge in [0.05, 0.1) is 25.3 Å². The number of amides is 1. The second kappa shape index (κ2) is 8.29. The highest BCUT2D eigenvalue weighted by Gasteiger charge is 2.39. The summed E-state index contributed by atoms with van der Waals surface area (Å²) in [4.78, 5) is 14.0. The molecule has 2 rings (SSSR count). The maximum atomic E-state index is 12.5. The van der Waals surface area contributed by atoms with Crippen LogP contribution >= 0.6 is 0 Å². The molecule has 1 amide bonds. The van der Waals surface area contributed by atoms with Crippen molar-refractivity contribution in [3.63, 3.8) is 0 Å². The molecular weight excluding hydrogens is 292 g/mol. The van der Waals surface area contributed by atoms with Crippen LogP contribution in [0.3, 0.4) is 0 Å². The van der Waals surface area contributed by atoms with E-state index in [4.69, 9.17) is 4.74 Å². The fourth-order valence-corrected chi connectivity index (χ4v) is 3.60. The molecule has 1 heterocycles. The Hall–Kier alpha value is -1.63. The molecule has 1 saturated heterocycles. The fourth-order valence-electron chi connectivity index (χ4n) is 3.60. The predicted octanol–water partition coefficient (Wildman–Crippen LogP) is 1.72. The third-order valence-electron chi connectivity index (χ3n) is 4.87. The molecule has 2 fully saturated rings. The Morgan fingerprint density at radius 3 is 2.39 bits per heavy atom. The lowest BCUT2D eigenvalue weighted by molar-refractivity contribution is -0.131. The third kappa shape index (κ3) is 4.22. The maximum absolute atomic E-state index is 12.5. The van der Waals surface area contributed by atoms with Crippen LogP contribution in [0.15, 0.2) is 0 Å². The molecule has 23 heavy (non-hydrogen) atoms. The maximum Gasteiger partial charge on any atom is 0.238 e. The molecule has 0 spiro atoms. The first kappa shape index (κ1) is 17.7. The lowest BCUT2D eigenvalue weighted by Crippen LogP contribution is -2.53. The molecule has 0 aromatic heterocycles. The number of carbonyl (C=O) groups is 1. The van der Waals surface area contributed by atoms with Crippen molar-refractivity contribution in [2.45, 2.75) is 69.5 Å². The van der Waals surface area contributed by atoms with E-state index in [0.29, 0.717) is 19.4 Å². The SMILES string of the molecule is CCCOCC1(NCC(=O)N2[C@H](C#N)CC[C@@H]2C#N)CCCC1. The van der Waals surface area contributed by atoms with E-state index in [1.165, 1.54) is 4.90 Å². The summed E-state index contributed by atoms with van der Waals surface area (Å²) in [6.07, 6.45) is 6.46. The number of carbonyl (C=O) groups excluding carboxylic acids is 1. The second-order valence-corrected chi connectivity index (χ2v) is 6.56. The zero-order chi connectivity index (χ0) is 16.7. The van der Waals surface area contributed by atoms with Gasteiger partial charge in [-0.25, -0.2) is 0 Å². The van der Waals surface area contributed by atoms with Crippen molar-refractivity contribution in [2.75, 3.05) is 19.8 Å². The number of ether oxygens (including phenoxy) is 1. The van der Waals surface area contributed by atoms with Crippen molar-refractivity contribution >= 4 is 5.91 Å². The normalized spacial score (nSPS) is 26.0. The van der Waals surface area contributed by atoms with Gasteiger partial charge in [-0.3, -0.25) is 4.79 Å². The van der Waals surface area contributed by atoms with Gasteiger partial charge in [-0.05, 0) is 32.1 Å². The molecule has 2 aliphatic rings. The summed E-state index contributed by atoms with van der Waals surface area (Å²) in [5.74, 6) is -0.151. The number of nitrogens with one attached hydrogen (secondary N) is 1. The number of rotatable bonds is 7. The van der Waals surface area contributed by atoms with E-state index in [2.05, 4.69) is 24.4 Å². The number of hydrogen-bond acceptors (Lipinski definition) is 5. The molecule has 0 unspecified atom stereocenters. The largest absolute Gasteiger partial charge is 0.380 e. The summed E-state index contributed by atoms with van der Waals surface area (Å²) in [6, 6.07) is 3.34. The summed E-state index contributed by atoms with van der Waals surface area (Å²) < 4.78 is 5.72.